The molecular weight excluding hydrogens is 196 g/mol. The van der Waals surface area contributed by atoms with Gasteiger partial charge in [-0.3, -0.25) is 0 Å². The van der Waals surface area contributed by atoms with Crippen LogP contribution in [0, 0.1) is 0 Å². The van der Waals surface area contributed by atoms with Crippen LogP contribution >= 0.6 is 0 Å². The van der Waals surface area contributed by atoms with Gasteiger partial charge in [0.05, 0.1) is 6.61 Å². The van der Waals surface area contributed by atoms with E-state index in [1.54, 1.807) is 0 Å². The molecule has 0 aromatic heterocycles. The molecule has 0 radical (unpaired) electrons. The van der Waals surface area contributed by atoms with E-state index in [1.165, 1.54) is 16.7 Å². The summed E-state index contributed by atoms with van der Waals surface area (Å²) in [7, 11) is 0. The molecule has 2 rings (SSSR count). The van der Waals surface area contributed by atoms with Crippen LogP contribution in [0.2, 0.25) is 0 Å². The lowest BCUT2D eigenvalue weighted by molar-refractivity contribution is 0.134. The molecule has 0 bridgehead atoms. The maximum atomic E-state index is 5.37. The smallest absolute Gasteiger partial charge is 0.0716 e. The Morgan fingerprint density at radius 2 is 1.44 bits per heavy atom. The zero-order chi connectivity index (χ0) is 11.2. The fraction of sp³-hybridized carbons (Fsp3) is 0.200. The number of hydrogen-bond acceptors (Lipinski definition) is 1. The van der Waals surface area contributed by atoms with Gasteiger partial charge < -0.3 is 4.74 Å². The molecule has 1 heteroatoms. The standard InChI is InChI=1S/C15H16O/c1-2-16-12-13-8-10-15(11-9-13)14-6-4-3-5-7-14/h3-11H,2,12H2,1H3. The second-order valence-electron chi connectivity index (χ2n) is 3.70. The summed E-state index contributed by atoms with van der Waals surface area (Å²) in [4.78, 5) is 0. The largest absolute Gasteiger partial charge is 0.377 e. The third-order valence-electron chi connectivity index (χ3n) is 2.53. The van der Waals surface area contributed by atoms with Crippen LogP contribution in [-0.4, -0.2) is 6.61 Å². The van der Waals surface area contributed by atoms with Crippen LogP contribution in [-0.2, 0) is 11.3 Å². The monoisotopic (exact) mass is 212 g/mol. The van der Waals surface area contributed by atoms with Crippen molar-refractivity contribution in [1.29, 1.82) is 0 Å². The summed E-state index contributed by atoms with van der Waals surface area (Å²) in [6, 6.07) is 18.9. The van der Waals surface area contributed by atoms with E-state index in [2.05, 4.69) is 48.5 Å². The van der Waals surface area contributed by atoms with E-state index < -0.39 is 0 Å². The second kappa shape index (κ2) is 5.47. The molecule has 0 aliphatic carbocycles. The molecule has 0 heterocycles. The highest BCUT2D eigenvalue weighted by molar-refractivity contribution is 5.63. The Bertz CT molecular complexity index is 417. The number of benzene rings is 2. The minimum Gasteiger partial charge on any atom is -0.377 e. The molecule has 2 aromatic rings. The molecule has 0 N–H and O–H groups in total. The summed E-state index contributed by atoms with van der Waals surface area (Å²) in [5, 5.41) is 0. The van der Waals surface area contributed by atoms with Crippen LogP contribution in [0.5, 0.6) is 0 Å². The Kier molecular flexibility index (Phi) is 3.73. The minimum atomic E-state index is 0.700. The Morgan fingerprint density at radius 3 is 2.06 bits per heavy atom. The number of rotatable bonds is 4. The highest BCUT2D eigenvalue weighted by Gasteiger charge is 1.96. The number of hydrogen-bond donors (Lipinski definition) is 0. The lowest BCUT2D eigenvalue weighted by atomic mass is 10.0. The van der Waals surface area contributed by atoms with E-state index >= 15 is 0 Å². The molecule has 82 valence electrons. The van der Waals surface area contributed by atoms with E-state index in [-0.39, 0.29) is 0 Å². The Balaban J connectivity index is 2.13. The van der Waals surface area contributed by atoms with Gasteiger partial charge in [0.15, 0.2) is 0 Å². The van der Waals surface area contributed by atoms with Gasteiger partial charge in [-0.05, 0) is 23.6 Å². The summed E-state index contributed by atoms with van der Waals surface area (Å²) in [5.74, 6) is 0. The van der Waals surface area contributed by atoms with Crippen molar-refractivity contribution in [3.63, 3.8) is 0 Å². The van der Waals surface area contributed by atoms with Crippen molar-refractivity contribution >= 4 is 0 Å². The van der Waals surface area contributed by atoms with Crippen molar-refractivity contribution in [2.45, 2.75) is 13.5 Å². The lowest BCUT2D eigenvalue weighted by Crippen LogP contribution is -1.91. The van der Waals surface area contributed by atoms with Crippen LogP contribution in [0.25, 0.3) is 11.1 Å². The van der Waals surface area contributed by atoms with E-state index in [0.29, 0.717) is 6.61 Å². The highest BCUT2D eigenvalue weighted by Crippen LogP contribution is 2.19. The van der Waals surface area contributed by atoms with Gasteiger partial charge in [0.1, 0.15) is 0 Å². The first kappa shape index (κ1) is 10.9. The fourth-order valence-electron chi connectivity index (χ4n) is 1.64. The summed E-state index contributed by atoms with van der Waals surface area (Å²) in [6.45, 7) is 3.48. The Morgan fingerprint density at radius 1 is 0.812 bits per heavy atom. The molecule has 0 saturated heterocycles. The van der Waals surface area contributed by atoms with Crippen molar-refractivity contribution in [1.82, 2.24) is 0 Å². The fourth-order valence-corrected chi connectivity index (χ4v) is 1.64. The highest BCUT2D eigenvalue weighted by atomic mass is 16.5. The van der Waals surface area contributed by atoms with Crippen LogP contribution in [0.4, 0.5) is 0 Å². The predicted octanol–water partition coefficient (Wildman–Crippen LogP) is 3.89. The quantitative estimate of drug-likeness (QED) is 0.747. The molecule has 0 unspecified atom stereocenters. The molecule has 16 heavy (non-hydrogen) atoms. The van der Waals surface area contributed by atoms with Gasteiger partial charge in [-0.15, -0.1) is 0 Å². The van der Waals surface area contributed by atoms with Gasteiger partial charge >= 0.3 is 0 Å². The topological polar surface area (TPSA) is 9.23 Å². The van der Waals surface area contributed by atoms with Gasteiger partial charge in [0.2, 0.25) is 0 Å². The van der Waals surface area contributed by atoms with Gasteiger partial charge in [0.25, 0.3) is 0 Å². The molecule has 0 spiro atoms. The average Bonchev–Trinajstić information content (AvgIpc) is 2.38. The summed E-state index contributed by atoms with van der Waals surface area (Å²) in [6.07, 6.45) is 0. The third kappa shape index (κ3) is 2.71. The van der Waals surface area contributed by atoms with Crippen molar-refractivity contribution in [3.05, 3.63) is 60.2 Å². The van der Waals surface area contributed by atoms with Gasteiger partial charge in [-0.1, -0.05) is 54.6 Å². The minimum absolute atomic E-state index is 0.700. The molecule has 0 atom stereocenters. The Hall–Kier alpha value is -1.60. The zero-order valence-corrected chi connectivity index (χ0v) is 9.52. The molecule has 0 saturated carbocycles. The summed E-state index contributed by atoms with van der Waals surface area (Å²) < 4.78 is 5.37. The van der Waals surface area contributed by atoms with Crippen molar-refractivity contribution in [2.75, 3.05) is 6.61 Å². The van der Waals surface area contributed by atoms with E-state index in [1.807, 2.05) is 13.0 Å². The molecule has 0 aliphatic rings. The van der Waals surface area contributed by atoms with Crippen LogP contribution in [0.1, 0.15) is 12.5 Å². The maximum Gasteiger partial charge on any atom is 0.0716 e. The average molecular weight is 212 g/mol. The lowest BCUT2D eigenvalue weighted by Gasteiger charge is -2.04. The molecule has 0 fully saturated rings. The number of ether oxygens (including phenoxy) is 1. The van der Waals surface area contributed by atoms with Crippen LogP contribution < -0.4 is 0 Å². The maximum absolute atomic E-state index is 5.37. The summed E-state index contributed by atoms with van der Waals surface area (Å²) >= 11 is 0. The van der Waals surface area contributed by atoms with Crippen LogP contribution in [0.15, 0.2) is 54.6 Å². The SMILES string of the molecule is CCOCc1ccc(-c2ccccc2)cc1. The van der Waals surface area contributed by atoms with E-state index in [0.717, 1.165) is 6.61 Å². The van der Waals surface area contributed by atoms with Crippen molar-refractivity contribution < 1.29 is 4.74 Å². The molecule has 0 aliphatic heterocycles. The first-order chi connectivity index (χ1) is 7.90. The second-order valence-corrected chi connectivity index (χ2v) is 3.70. The van der Waals surface area contributed by atoms with E-state index in [4.69, 9.17) is 4.74 Å². The zero-order valence-electron chi connectivity index (χ0n) is 9.52. The van der Waals surface area contributed by atoms with E-state index in [9.17, 15) is 0 Å². The molecule has 1 nitrogen and oxygen atoms in total. The van der Waals surface area contributed by atoms with Crippen molar-refractivity contribution in [3.8, 4) is 11.1 Å². The molecular formula is C15H16O. The van der Waals surface area contributed by atoms with Gasteiger partial charge in [-0.2, -0.15) is 0 Å². The molecule has 2 aromatic carbocycles. The Labute approximate surface area is 96.7 Å². The first-order valence-electron chi connectivity index (χ1n) is 5.62. The predicted molar refractivity (Wildman–Crippen MR) is 67.2 cm³/mol. The first-order valence-corrected chi connectivity index (χ1v) is 5.62. The van der Waals surface area contributed by atoms with Crippen molar-refractivity contribution in [2.24, 2.45) is 0 Å². The van der Waals surface area contributed by atoms with Gasteiger partial charge in [-0.25, -0.2) is 0 Å². The van der Waals surface area contributed by atoms with Gasteiger partial charge in [0, 0.05) is 6.61 Å². The normalized spacial score (nSPS) is 10.3. The third-order valence-corrected chi connectivity index (χ3v) is 2.53. The van der Waals surface area contributed by atoms with Crippen LogP contribution in [0.3, 0.4) is 0 Å². The molecule has 0 amide bonds. The summed E-state index contributed by atoms with van der Waals surface area (Å²) in [5.41, 5.74) is 3.73.